The number of aromatic nitrogens is 2. The largest absolute Gasteiger partial charge is 0.343 e. The van der Waals surface area contributed by atoms with Crippen LogP contribution in [0.1, 0.15) is 11.1 Å². The maximum atomic E-state index is 13.6. The SMILES string of the molecule is Cc1cn(Cc2ccncc2F)c2ccc(Cl)cc12. The fourth-order valence-corrected chi connectivity index (χ4v) is 2.47. The second kappa shape index (κ2) is 4.67. The second-order valence-corrected chi connectivity index (χ2v) is 5.01. The van der Waals surface area contributed by atoms with E-state index in [1.54, 1.807) is 12.3 Å². The summed E-state index contributed by atoms with van der Waals surface area (Å²) >= 11 is 6.01. The van der Waals surface area contributed by atoms with Crippen molar-refractivity contribution in [3.05, 3.63) is 64.8 Å². The first-order chi connectivity index (χ1) is 9.15. The normalized spacial score (nSPS) is 11.1. The minimum absolute atomic E-state index is 0.282. The van der Waals surface area contributed by atoms with Gasteiger partial charge in [0.2, 0.25) is 0 Å². The molecule has 0 saturated heterocycles. The Balaban J connectivity index is 2.09. The molecule has 19 heavy (non-hydrogen) atoms. The van der Waals surface area contributed by atoms with E-state index in [1.807, 2.05) is 35.9 Å². The molecule has 1 aromatic carbocycles. The molecule has 0 N–H and O–H groups in total. The molecule has 0 radical (unpaired) electrons. The van der Waals surface area contributed by atoms with Gasteiger partial charge in [-0.3, -0.25) is 4.98 Å². The van der Waals surface area contributed by atoms with Crippen LogP contribution in [0, 0.1) is 12.7 Å². The molecule has 0 fully saturated rings. The predicted molar refractivity (Wildman–Crippen MR) is 75.0 cm³/mol. The van der Waals surface area contributed by atoms with E-state index in [2.05, 4.69) is 4.98 Å². The van der Waals surface area contributed by atoms with Crippen molar-refractivity contribution in [2.45, 2.75) is 13.5 Å². The molecule has 3 rings (SSSR count). The van der Waals surface area contributed by atoms with Crippen LogP contribution in [0.4, 0.5) is 4.39 Å². The highest BCUT2D eigenvalue weighted by Gasteiger charge is 2.08. The summed E-state index contributed by atoms with van der Waals surface area (Å²) in [4.78, 5) is 3.76. The first-order valence-corrected chi connectivity index (χ1v) is 6.36. The van der Waals surface area contributed by atoms with E-state index in [9.17, 15) is 4.39 Å². The van der Waals surface area contributed by atoms with Gasteiger partial charge in [-0.05, 0) is 36.8 Å². The zero-order valence-corrected chi connectivity index (χ0v) is 11.2. The molecule has 0 saturated carbocycles. The molecular weight excluding hydrogens is 263 g/mol. The lowest BCUT2D eigenvalue weighted by molar-refractivity contribution is 0.595. The van der Waals surface area contributed by atoms with Gasteiger partial charge in [-0.1, -0.05) is 11.6 Å². The van der Waals surface area contributed by atoms with E-state index in [0.717, 1.165) is 16.5 Å². The average Bonchev–Trinajstić information content (AvgIpc) is 2.69. The lowest BCUT2D eigenvalue weighted by Gasteiger charge is -2.06. The average molecular weight is 275 g/mol. The van der Waals surface area contributed by atoms with Crippen molar-refractivity contribution >= 4 is 22.5 Å². The smallest absolute Gasteiger partial charge is 0.146 e. The Bertz CT molecular complexity index is 749. The number of fused-ring (bicyclic) bond motifs is 1. The van der Waals surface area contributed by atoms with Crippen LogP contribution >= 0.6 is 11.6 Å². The first-order valence-electron chi connectivity index (χ1n) is 5.98. The number of pyridine rings is 1. The van der Waals surface area contributed by atoms with Crippen molar-refractivity contribution < 1.29 is 4.39 Å². The molecule has 2 nitrogen and oxygen atoms in total. The molecule has 4 heteroatoms. The van der Waals surface area contributed by atoms with E-state index in [4.69, 9.17) is 11.6 Å². The van der Waals surface area contributed by atoms with Crippen LogP contribution < -0.4 is 0 Å². The van der Waals surface area contributed by atoms with Gasteiger partial charge in [0.15, 0.2) is 0 Å². The van der Waals surface area contributed by atoms with Crippen LogP contribution in [-0.4, -0.2) is 9.55 Å². The number of halogens is 2. The lowest BCUT2D eigenvalue weighted by Crippen LogP contribution is -2.00. The Hall–Kier alpha value is -1.87. The van der Waals surface area contributed by atoms with E-state index in [0.29, 0.717) is 17.1 Å². The number of rotatable bonds is 2. The number of benzene rings is 1. The van der Waals surface area contributed by atoms with Crippen LogP contribution in [0.3, 0.4) is 0 Å². The Morgan fingerprint density at radius 1 is 1.32 bits per heavy atom. The van der Waals surface area contributed by atoms with Gasteiger partial charge in [0, 0.05) is 33.9 Å². The molecule has 0 aliphatic carbocycles. The third-order valence-corrected chi connectivity index (χ3v) is 3.47. The first kappa shape index (κ1) is 12.2. The molecule has 0 amide bonds. The van der Waals surface area contributed by atoms with Gasteiger partial charge in [0.25, 0.3) is 0 Å². The fraction of sp³-hybridized carbons (Fsp3) is 0.133. The highest BCUT2D eigenvalue weighted by Crippen LogP contribution is 2.25. The molecule has 2 heterocycles. The van der Waals surface area contributed by atoms with Gasteiger partial charge in [-0.25, -0.2) is 4.39 Å². The van der Waals surface area contributed by atoms with Crippen LogP contribution in [0.15, 0.2) is 42.9 Å². The molecule has 0 aliphatic heterocycles. The topological polar surface area (TPSA) is 17.8 Å². The number of hydrogen-bond donors (Lipinski definition) is 0. The van der Waals surface area contributed by atoms with Gasteiger partial charge < -0.3 is 4.57 Å². The minimum atomic E-state index is -0.282. The van der Waals surface area contributed by atoms with Crippen molar-refractivity contribution in [2.24, 2.45) is 0 Å². The zero-order valence-electron chi connectivity index (χ0n) is 10.4. The molecular formula is C15H12ClFN2. The van der Waals surface area contributed by atoms with Gasteiger partial charge in [-0.15, -0.1) is 0 Å². The van der Waals surface area contributed by atoms with Crippen molar-refractivity contribution in [1.82, 2.24) is 9.55 Å². The standard InChI is InChI=1S/C15H12ClFN2/c1-10-8-19(9-11-4-5-18-7-14(11)17)15-3-2-12(16)6-13(10)15/h2-8H,9H2,1H3. The highest BCUT2D eigenvalue weighted by molar-refractivity contribution is 6.31. The van der Waals surface area contributed by atoms with E-state index >= 15 is 0 Å². The van der Waals surface area contributed by atoms with Crippen molar-refractivity contribution in [2.75, 3.05) is 0 Å². The van der Waals surface area contributed by atoms with Gasteiger partial charge in [-0.2, -0.15) is 0 Å². The number of aryl methyl sites for hydroxylation is 1. The highest BCUT2D eigenvalue weighted by atomic mass is 35.5. The maximum Gasteiger partial charge on any atom is 0.146 e. The minimum Gasteiger partial charge on any atom is -0.343 e. The summed E-state index contributed by atoms with van der Waals surface area (Å²) in [5.41, 5.74) is 2.81. The summed E-state index contributed by atoms with van der Waals surface area (Å²) in [5.74, 6) is -0.282. The zero-order chi connectivity index (χ0) is 13.4. The summed E-state index contributed by atoms with van der Waals surface area (Å²) in [6.07, 6.45) is 4.86. The third-order valence-electron chi connectivity index (χ3n) is 3.24. The monoisotopic (exact) mass is 274 g/mol. The second-order valence-electron chi connectivity index (χ2n) is 4.57. The van der Waals surface area contributed by atoms with Gasteiger partial charge in [0.05, 0.1) is 12.7 Å². The molecule has 0 bridgehead atoms. The molecule has 0 unspecified atom stereocenters. The van der Waals surface area contributed by atoms with Crippen LogP contribution in [0.5, 0.6) is 0 Å². The van der Waals surface area contributed by atoms with Crippen molar-refractivity contribution in [1.29, 1.82) is 0 Å². The Kier molecular flexibility index (Phi) is 2.99. The van der Waals surface area contributed by atoms with E-state index in [1.165, 1.54) is 6.20 Å². The summed E-state index contributed by atoms with van der Waals surface area (Å²) in [7, 11) is 0. The Labute approximate surface area is 115 Å². The van der Waals surface area contributed by atoms with Gasteiger partial charge in [0.1, 0.15) is 5.82 Å². The van der Waals surface area contributed by atoms with Crippen molar-refractivity contribution in [3.63, 3.8) is 0 Å². The summed E-state index contributed by atoms with van der Waals surface area (Å²) in [6.45, 7) is 2.51. The lowest BCUT2D eigenvalue weighted by atomic mass is 10.2. The van der Waals surface area contributed by atoms with Crippen LogP contribution in [0.25, 0.3) is 10.9 Å². The van der Waals surface area contributed by atoms with Crippen LogP contribution in [0.2, 0.25) is 5.02 Å². The summed E-state index contributed by atoms with van der Waals surface area (Å²) in [6, 6.07) is 7.45. The maximum absolute atomic E-state index is 13.6. The molecule has 3 aromatic rings. The van der Waals surface area contributed by atoms with Crippen molar-refractivity contribution in [3.8, 4) is 0 Å². The summed E-state index contributed by atoms with van der Waals surface area (Å²) < 4.78 is 15.7. The quantitative estimate of drug-likeness (QED) is 0.685. The van der Waals surface area contributed by atoms with Crippen LogP contribution in [-0.2, 0) is 6.54 Å². The molecule has 96 valence electrons. The fourth-order valence-electron chi connectivity index (χ4n) is 2.29. The summed E-state index contributed by atoms with van der Waals surface area (Å²) in [5, 5.41) is 1.81. The Morgan fingerprint density at radius 3 is 2.95 bits per heavy atom. The number of nitrogens with zero attached hydrogens (tertiary/aromatic N) is 2. The third kappa shape index (κ3) is 2.22. The molecule has 2 aromatic heterocycles. The molecule has 0 aliphatic rings. The molecule has 0 atom stereocenters. The Morgan fingerprint density at radius 2 is 2.16 bits per heavy atom. The van der Waals surface area contributed by atoms with E-state index < -0.39 is 0 Å². The number of hydrogen-bond acceptors (Lipinski definition) is 1. The molecule has 0 spiro atoms. The predicted octanol–water partition coefficient (Wildman–Crippen LogP) is 4.19. The van der Waals surface area contributed by atoms with E-state index in [-0.39, 0.29) is 5.82 Å². The van der Waals surface area contributed by atoms with Gasteiger partial charge >= 0.3 is 0 Å².